The minimum Gasteiger partial charge on any atom is -0.325 e. The molecular formula is C15H13N3O. The summed E-state index contributed by atoms with van der Waals surface area (Å²) >= 11 is 0. The molecule has 0 aromatic carbocycles. The number of aryl methyl sites for hydroxylation is 1. The van der Waals surface area contributed by atoms with Crippen LogP contribution in [0.4, 0.5) is 0 Å². The second-order valence-electron chi connectivity index (χ2n) is 4.72. The van der Waals surface area contributed by atoms with Gasteiger partial charge in [-0.2, -0.15) is 5.26 Å². The summed E-state index contributed by atoms with van der Waals surface area (Å²) in [5.41, 5.74) is 3.73. The zero-order chi connectivity index (χ0) is 13.2. The largest absolute Gasteiger partial charge is 0.325 e. The Kier molecular flexibility index (Phi) is 2.88. The van der Waals surface area contributed by atoms with Crippen LogP contribution in [0.5, 0.6) is 0 Å². The molecule has 0 atom stereocenters. The highest BCUT2D eigenvalue weighted by Gasteiger charge is 2.20. The fraction of sp³-hybridized carbons (Fsp3) is 0.267. The summed E-state index contributed by atoms with van der Waals surface area (Å²) < 4.78 is 0. The van der Waals surface area contributed by atoms with E-state index in [0.717, 1.165) is 48.1 Å². The topological polar surface area (TPSA) is 69.5 Å². The minimum absolute atomic E-state index is 0.215. The van der Waals surface area contributed by atoms with Gasteiger partial charge in [0.05, 0.1) is 0 Å². The summed E-state index contributed by atoms with van der Waals surface area (Å²) in [4.78, 5) is 18.9. The molecule has 4 nitrogen and oxygen atoms in total. The van der Waals surface area contributed by atoms with Crippen LogP contribution in [0.1, 0.15) is 29.7 Å². The maximum atomic E-state index is 12.0. The van der Waals surface area contributed by atoms with Crippen molar-refractivity contribution in [2.75, 3.05) is 0 Å². The molecule has 2 aromatic heterocycles. The third kappa shape index (κ3) is 1.93. The summed E-state index contributed by atoms with van der Waals surface area (Å²) in [5.74, 6) is 0. The van der Waals surface area contributed by atoms with Crippen LogP contribution in [-0.2, 0) is 12.8 Å². The molecule has 0 aliphatic heterocycles. The fourth-order valence-electron chi connectivity index (χ4n) is 2.73. The number of aromatic amines is 1. The molecule has 1 aliphatic rings. The first kappa shape index (κ1) is 11.7. The highest BCUT2D eigenvalue weighted by atomic mass is 16.1. The van der Waals surface area contributed by atoms with Gasteiger partial charge in [-0.1, -0.05) is 0 Å². The second-order valence-corrected chi connectivity index (χ2v) is 4.72. The van der Waals surface area contributed by atoms with Gasteiger partial charge in [-0.15, -0.1) is 0 Å². The van der Waals surface area contributed by atoms with E-state index in [4.69, 9.17) is 0 Å². The maximum absolute atomic E-state index is 12.0. The van der Waals surface area contributed by atoms with Crippen molar-refractivity contribution in [1.29, 1.82) is 5.26 Å². The molecule has 3 rings (SSSR count). The van der Waals surface area contributed by atoms with E-state index in [1.807, 2.05) is 18.2 Å². The quantitative estimate of drug-likeness (QED) is 0.844. The Labute approximate surface area is 110 Å². The number of nitrogens with one attached hydrogen (secondary N) is 1. The first-order chi connectivity index (χ1) is 9.31. The summed E-state index contributed by atoms with van der Waals surface area (Å²) in [7, 11) is 0. The molecule has 0 saturated carbocycles. The van der Waals surface area contributed by atoms with E-state index in [0.29, 0.717) is 0 Å². The average molecular weight is 251 g/mol. The third-order valence-corrected chi connectivity index (χ3v) is 3.59. The Morgan fingerprint density at radius 2 is 1.95 bits per heavy atom. The van der Waals surface area contributed by atoms with Crippen LogP contribution in [0.3, 0.4) is 0 Å². The lowest BCUT2D eigenvalue weighted by Gasteiger charge is -2.19. The van der Waals surface area contributed by atoms with Gasteiger partial charge >= 0.3 is 0 Å². The Morgan fingerprint density at radius 1 is 1.21 bits per heavy atom. The van der Waals surface area contributed by atoms with E-state index in [1.54, 1.807) is 12.4 Å². The van der Waals surface area contributed by atoms with Crippen LogP contribution in [0.25, 0.3) is 11.1 Å². The summed E-state index contributed by atoms with van der Waals surface area (Å²) in [6, 6.07) is 5.75. The van der Waals surface area contributed by atoms with E-state index in [2.05, 4.69) is 9.97 Å². The standard InChI is InChI=1S/C15H13N3O/c16-9-12-14(10-5-7-17-8-6-10)11-3-1-2-4-13(11)18-15(12)19/h5-8H,1-4H2,(H,18,19). The summed E-state index contributed by atoms with van der Waals surface area (Å²) in [6.45, 7) is 0. The van der Waals surface area contributed by atoms with Gasteiger partial charge in [-0.05, 0) is 48.9 Å². The van der Waals surface area contributed by atoms with E-state index in [9.17, 15) is 10.1 Å². The van der Waals surface area contributed by atoms with Crippen LogP contribution < -0.4 is 5.56 Å². The minimum atomic E-state index is -0.282. The second kappa shape index (κ2) is 4.69. The highest BCUT2D eigenvalue weighted by molar-refractivity contribution is 5.74. The van der Waals surface area contributed by atoms with Gasteiger partial charge in [0.1, 0.15) is 11.6 Å². The molecule has 2 heterocycles. The van der Waals surface area contributed by atoms with Gasteiger partial charge in [-0.3, -0.25) is 9.78 Å². The zero-order valence-corrected chi connectivity index (χ0v) is 10.4. The lowest BCUT2D eigenvalue weighted by atomic mass is 9.87. The van der Waals surface area contributed by atoms with E-state index >= 15 is 0 Å². The van der Waals surface area contributed by atoms with Crippen molar-refractivity contribution in [3.63, 3.8) is 0 Å². The number of nitriles is 1. The molecule has 94 valence electrons. The first-order valence-electron chi connectivity index (χ1n) is 6.40. The number of rotatable bonds is 1. The summed E-state index contributed by atoms with van der Waals surface area (Å²) in [6.07, 6.45) is 7.36. The van der Waals surface area contributed by atoms with Gasteiger partial charge in [0.2, 0.25) is 0 Å². The average Bonchev–Trinajstić information content (AvgIpc) is 2.46. The molecule has 2 aromatic rings. The van der Waals surface area contributed by atoms with Crippen LogP contribution >= 0.6 is 0 Å². The lowest BCUT2D eigenvalue weighted by Crippen LogP contribution is -2.20. The monoisotopic (exact) mass is 251 g/mol. The van der Waals surface area contributed by atoms with Gasteiger partial charge in [0, 0.05) is 23.7 Å². The predicted octanol–water partition coefficient (Wildman–Crippen LogP) is 2.19. The Hall–Kier alpha value is -2.41. The number of fused-ring (bicyclic) bond motifs is 1. The fourth-order valence-corrected chi connectivity index (χ4v) is 2.73. The molecule has 0 saturated heterocycles. The predicted molar refractivity (Wildman–Crippen MR) is 71.7 cm³/mol. The molecular weight excluding hydrogens is 238 g/mol. The molecule has 0 unspecified atom stereocenters. The Balaban J connectivity index is 2.36. The van der Waals surface area contributed by atoms with Crippen molar-refractivity contribution >= 4 is 0 Å². The molecule has 0 spiro atoms. The molecule has 1 N–H and O–H groups in total. The van der Waals surface area contributed by atoms with Gasteiger partial charge in [0.25, 0.3) is 5.56 Å². The molecule has 19 heavy (non-hydrogen) atoms. The molecule has 0 bridgehead atoms. The van der Waals surface area contributed by atoms with Crippen LogP contribution in [0.15, 0.2) is 29.3 Å². The number of aromatic nitrogens is 2. The number of H-pyrrole nitrogens is 1. The lowest BCUT2D eigenvalue weighted by molar-refractivity contribution is 0.666. The molecule has 0 fully saturated rings. The van der Waals surface area contributed by atoms with Crippen LogP contribution in [0.2, 0.25) is 0 Å². The molecule has 1 aliphatic carbocycles. The zero-order valence-electron chi connectivity index (χ0n) is 10.4. The number of nitrogens with zero attached hydrogens (tertiary/aromatic N) is 2. The number of pyridine rings is 2. The van der Waals surface area contributed by atoms with Crippen LogP contribution in [-0.4, -0.2) is 9.97 Å². The van der Waals surface area contributed by atoms with Gasteiger partial charge < -0.3 is 4.98 Å². The molecule has 0 amide bonds. The first-order valence-corrected chi connectivity index (χ1v) is 6.40. The third-order valence-electron chi connectivity index (χ3n) is 3.59. The van der Waals surface area contributed by atoms with Gasteiger partial charge in [0.15, 0.2) is 0 Å². The highest BCUT2D eigenvalue weighted by Crippen LogP contribution is 2.31. The smallest absolute Gasteiger partial charge is 0.266 e. The normalized spacial score (nSPS) is 13.6. The van der Waals surface area contributed by atoms with Crippen molar-refractivity contribution in [1.82, 2.24) is 9.97 Å². The SMILES string of the molecule is N#Cc1c(-c2ccncc2)c2c([nH]c1=O)CCCC2. The van der Waals surface area contributed by atoms with Gasteiger partial charge in [-0.25, -0.2) is 0 Å². The molecule has 0 radical (unpaired) electrons. The van der Waals surface area contributed by atoms with E-state index in [1.165, 1.54) is 0 Å². The Bertz CT molecular complexity index is 711. The molecule has 4 heteroatoms. The van der Waals surface area contributed by atoms with Crippen molar-refractivity contribution in [3.8, 4) is 17.2 Å². The summed E-state index contributed by atoms with van der Waals surface area (Å²) in [5, 5.41) is 9.28. The van der Waals surface area contributed by atoms with Crippen molar-refractivity contribution < 1.29 is 0 Å². The number of hydrogen-bond donors (Lipinski definition) is 1. The Morgan fingerprint density at radius 3 is 2.68 bits per heavy atom. The number of hydrogen-bond acceptors (Lipinski definition) is 3. The van der Waals surface area contributed by atoms with E-state index in [-0.39, 0.29) is 11.1 Å². The van der Waals surface area contributed by atoms with Crippen molar-refractivity contribution in [2.24, 2.45) is 0 Å². The van der Waals surface area contributed by atoms with Crippen molar-refractivity contribution in [2.45, 2.75) is 25.7 Å². The van der Waals surface area contributed by atoms with E-state index < -0.39 is 0 Å². The van der Waals surface area contributed by atoms with Crippen LogP contribution in [0, 0.1) is 11.3 Å². The maximum Gasteiger partial charge on any atom is 0.266 e. The van der Waals surface area contributed by atoms with Crippen molar-refractivity contribution in [3.05, 3.63) is 51.7 Å².